The lowest BCUT2D eigenvalue weighted by atomic mass is 10.2. The van der Waals surface area contributed by atoms with Crippen LogP contribution in [0, 0.1) is 0 Å². The van der Waals surface area contributed by atoms with E-state index < -0.39 is 6.10 Å². The molecule has 0 heterocycles. The molecule has 0 saturated carbocycles. The van der Waals surface area contributed by atoms with E-state index in [2.05, 4.69) is 5.32 Å². The third-order valence-corrected chi connectivity index (χ3v) is 3.22. The standard InChI is InChI=1S/C18H24N2O3/c19-10-11-20-12-16(21)14-23-18-8-6-17(7-9-18)22-13-15-4-2-1-3-5-15/h1-9,16,20-21H,10-14,19H2/t16-/m1/s1. The van der Waals surface area contributed by atoms with Gasteiger partial charge in [0.25, 0.3) is 0 Å². The monoisotopic (exact) mass is 316 g/mol. The zero-order chi connectivity index (χ0) is 16.3. The summed E-state index contributed by atoms with van der Waals surface area (Å²) < 4.78 is 11.3. The fourth-order valence-electron chi connectivity index (χ4n) is 2.00. The van der Waals surface area contributed by atoms with Crippen molar-refractivity contribution in [2.45, 2.75) is 12.7 Å². The second kappa shape index (κ2) is 9.84. The first-order valence-electron chi connectivity index (χ1n) is 7.76. The highest BCUT2D eigenvalue weighted by Gasteiger charge is 2.05. The first kappa shape index (κ1) is 17.3. The molecule has 0 fully saturated rings. The quantitative estimate of drug-likeness (QED) is 0.580. The van der Waals surface area contributed by atoms with Gasteiger partial charge in [0, 0.05) is 19.6 Å². The van der Waals surface area contributed by atoms with Crippen molar-refractivity contribution in [2.24, 2.45) is 5.73 Å². The van der Waals surface area contributed by atoms with Gasteiger partial charge in [-0.05, 0) is 29.8 Å². The number of hydrogen-bond donors (Lipinski definition) is 3. The van der Waals surface area contributed by atoms with Crippen molar-refractivity contribution in [3.63, 3.8) is 0 Å². The highest BCUT2D eigenvalue weighted by Crippen LogP contribution is 2.18. The van der Waals surface area contributed by atoms with E-state index in [1.54, 1.807) is 0 Å². The molecule has 0 spiro atoms. The molecule has 5 heteroatoms. The van der Waals surface area contributed by atoms with E-state index in [9.17, 15) is 5.11 Å². The number of aliphatic hydroxyl groups excluding tert-OH is 1. The molecule has 23 heavy (non-hydrogen) atoms. The molecule has 0 aliphatic heterocycles. The van der Waals surface area contributed by atoms with Crippen LogP contribution < -0.4 is 20.5 Å². The summed E-state index contributed by atoms with van der Waals surface area (Å²) in [6, 6.07) is 17.4. The van der Waals surface area contributed by atoms with E-state index in [-0.39, 0.29) is 6.61 Å². The van der Waals surface area contributed by atoms with Crippen LogP contribution in [0.3, 0.4) is 0 Å². The van der Waals surface area contributed by atoms with Gasteiger partial charge in [-0.3, -0.25) is 0 Å². The molecule has 0 radical (unpaired) electrons. The molecule has 124 valence electrons. The Kier molecular flexibility index (Phi) is 7.39. The molecule has 2 aromatic rings. The van der Waals surface area contributed by atoms with Gasteiger partial charge in [0.1, 0.15) is 30.8 Å². The number of ether oxygens (including phenoxy) is 2. The SMILES string of the molecule is NCCNC[C@@H](O)COc1ccc(OCc2ccccc2)cc1. The molecule has 0 saturated heterocycles. The summed E-state index contributed by atoms with van der Waals surface area (Å²) in [5, 5.41) is 12.8. The topological polar surface area (TPSA) is 76.7 Å². The summed E-state index contributed by atoms with van der Waals surface area (Å²) in [6.07, 6.45) is -0.560. The van der Waals surface area contributed by atoms with Gasteiger partial charge in [0.15, 0.2) is 0 Å². The Morgan fingerprint density at radius 2 is 1.61 bits per heavy atom. The van der Waals surface area contributed by atoms with Gasteiger partial charge in [-0.2, -0.15) is 0 Å². The maximum Gasteiger partial charge on any atom is 0.120 e. The molecule has 0 aromatic heterocycles. The van der Waals surface area contributed by atoms with Crippen molar-refractivity contribution in [2.75, 3.05) is 26.2 Å². The molecule has 0 unspecified atom stereocenters. The number of rotatable bonds is 10. The molecule has 1 atom stereocenters. The first-order valence-corrected chi connectivity index (χ1v) is 7.76. The van der Waals surface area contributed by atoms with Gasteiger partial charge in [-0.1, -0.05) is 30.3 Å². The summed E-state index contributed by atoms with van der Waals surface area (Å²) in [6.45, 7) is 2.48. The predicted molar refractivity (Wildman–Crippen MR) is 90.6 cm³/mol. The number of nitrogens with two attached hydrogens (primary N) is 1. The maximum absolute atomic E-state index is 9.75. The van der Waals surface area contributed by atoms with E-state index in [4.69, 9.17) is 15.2 Å². The second-order valence-corrected chi connectivity index (χ2v) is 5.20. The third kappa shape index (κ3) is 6.69. The van der Waals surface area contributed by atoms with Crippen molar-refractivity contribution in [3.05, 3.63) is 60.2 Å². The highest BCUT2D eigenvalue weighted by molar-refractivity contribution is 5.31. The summed E-state index contributed by atoms with van der Waals surface area (Å²) in [7, 11) is 0. The minimum atomic E-state index is -0.560. The largest absolute Gasteiger partial charge is 0.491 e. The van der Waals surface area contributed by atoms with E-state index in [1.165, 1.54) is 0 Å². The molecule has 5 nitrogen and oxygen atoms in total. The van der Waals surface area contributed by atoms with Crippen LogP contribution in [-0.2, 0) is 6.61 Å². The number of benzene rings is 2. The third-order valence-electron chi connectivity index (χ3n) is 3.22. The smallest absolute Gasteiger partial charge is 0.120 e. The fourth-order valence-corrected chi connectivity index (χ4v) is 2.00. The van der Waals surface area contributed by atoms with Crippen LogP contribution in [0.4, 0.5) is 0 Å². The Morgan fingerprint density at radius 1 is 0.957 bits per heavy atom. The summed E-state index contributed by atoms with van der Waals surface area (Å²) in [4.78, 5) is 0. The fraction of sp³-hybridized carbons (Fsp3) is 0.333. The van der Waals surface area contributed by atoms with Gasteiger partial charge in [-0.25, -0.2) is 0 Å². The zero-order valence-electron chi connectivity index (χ0n) is 13.2. The molecule has 4 N–H and O–H groups in total. The molecule has 0 aliphatic carbocycles. The summed E-state index contributed by atoms with van der Waals surface area (Å²) >= 11 is 0. The van der Waals surface area contributed by atoms with Crippen LogP contribution in [0.2, 0.25) is 0 Å². The summed E-state index contributed by atoms with van der Waals surface area (Å²) in [5.74, 6) is 1.49. The van der Waals surface area contributed by atoms with Crippen molar-refractivity contribution < 1.29 is 14.6 Å². The van der Waals surface area contributed by atoms with Gasteiger partial charge in [0.05, 0.1) is 0 Å². The molecular formula is C18H24N2O3. The Labute approximate surface area is 137 Å². The number of hydrogen-bond acceptors (Lipinski definition) is 5. The average molecular weight is 316 g/mol. The lowest BCUT2D eigenvalue weighted by Gasteiger charge is -2.13. The summed E-state index contributed by atoms with van der Waals surface area (Å²) in [5.41, 5.74) is 6.49. The van der Waals surface area contributed by atoms with Crippen LogP contribution in [0.25, 0.3) is 0 Å². The van der Waals surface area contributed by atoms with Crippen LogP contribution >= 0.6 is 0 Å². The van der Waals surface area contributed by atoms with Crippen LogP contribution in [0.15, 0.2) is 54.6 Å². The van der Waals surface area contributed by atoms with E-state index in [0.29, 0.717) is 32.0 Å². The van der Waals surface area contributed by atoms with Crippen molar-refractivity contribution in [1.29, 1.82) is 0 Å². The Morgan fingerprint density at radius 3 is 2.26 bits per heavy atom. The van der Waals surface area contributed by atoms with Gasteiger partial charge >= 0.3 is 0 Å². The molecule has 2 aromatic carbocycles. The molecule has 0 aliphatic rings. The Hall–Kier alpha value is -2.08. The molecule has 0 bridgehead atoms. The van der Waals surface area contributed by atoms with E-state index >= 15 is 0 Å². The van der Waals surface area contributed by atoms with Crippen LogP contribution in [-0.4, -0.2) is 37.5 Å². The second-order valence-electron chi connectivity index (χ2n) is 5.20. The first-order chi connectivity index (χ1) is 11.3. The molecule has 2 rings (SSSR count). The lowest BCUT2D eigenvalue weighted by molar-refractivity contribution is 0.107. The molecular weight excluding hydrogens is 292 g/mol. The lowest BCUT2D eigenvalue weighted by Crippen LogP contribution is -2.34. The average Bonchev–Trinajstić information content (AvgIpc) is 2.60. The Balaban J connectivity index is 1.71. The van der Waals surface area contributed by atoms with E-state index in [0.717, 1.165) is 11.3 Å². The van der Waals surface area contributed by atoms with Crippen LogP contribution in [0.1, 0.15) is 5.56 Å². The molecule has 0 amide bonds. The minimum absolute atomic E-state index is 0.238. The normalized spacial score (nSPS) is 11.9. The van der Waals surface area contributed by atoms with Gasteiger partial charge in [0.2, 0.25) is 0 Å². The van der Waals surface area contributed by atoms with Crippen molar-refractivity contribution >= 4 is 0 Å². The Bertz CT molecular complexity index is 546. The number of aliphatic hydroxyl groups is 1. The van der Waals surface area contributed by atoms with Crippen molar-refractivity contribution in [1.82, 2.24) is 5.32 Å². The van der Waals surface area contributed by atoms with Crippen LogP contribution in [0.5, 0.6) is 11.5 Å². The number of nitrogens with one attached hydrogen (secondary N) is 1. The van der Waals surface area contributed by atoms with Gasteiger partial charge < -0.3 is 25.6 Å². The maximum atomic E-state index is 9.75. The minimum Gasteiger partial charge on any atom is -0.491 e. The van der Waals surface area contributed by atoms with Gasteiger partial charge in [-0.15, -0.1) is 0 Å². The van der Waals surface area contributed by atoms with E-state index in [1.807, 2.05) is 54.6 Å². The zero-order valence-corrected chi connectivity index (χ0v) is 13.2. The predicted octanol–water partition coefficient (Wildman–Crippen LogP) is 1.55. The highest BCUT2D eigenvalue weighted by atomic mass is 16.5. The van der Waals surface area contributed by atoms with Crippen molar-refractivity contribution in [3.8, 4) is 11.5 Å².